The van der Waals surface area contributed by atoms with Crippen LogP contribution in [0, 0.1) is 0 Å². The van der Waals surface area contributed by atoms with E-state index in [1.165, 1.54) is 33.7 Å². The van der Waals surface area contributed by atoms with Gasteiger partial charge in [0.25, 0.3) is 0 Å². The second kappa shape index (κ2) is 9.53. The zero-order valence-corrected chi connectivity index (χ0v) is 15.0. The summed E-state index contributed by atoms with van der Waals surface area (Å²) in [5, 5.41) is 12.6. The van der Waals surface area contributed by atoms with E-state index in [4.69, 9.17) is 18.6 Å². The second-order valence-electron chi connectivity index (χ2n) is 5.40. The molecule has 140 valence electrons. The SMILES string of the molecule is COc1cc(/C=C/C(=O)NCCC(O)c2ccco2)cc(OC)c1OC. The lowest BCUT2D eigenvalue weighted by atomic mass is 10.1. The van der Waals surface area contributed by atoms with E-state index < -0.39 is 6.10 Å². The Labute approximate surface area is 152 Å². The lowest BCUT2D eigenvalue weighted by Gasteiger charge is -2.12. The van der Waals surface area contributed by atoms with E-state index in [1.54, 1.807) is 30.3 Å². The fraction of sp³-hybridized carbons (Fsp3) is 0.316. The van der Waals surface area contributed by atoms with E-state index in [-0.39, 0.29) is 5.91 Å². The van der Waals surface area contributed by atoms with Crippen molar-refractivity contribution in [2.45, 2.75) is 12.5 Å². The number of aliphatic hydroxyl groups is 1. The summed E-state index contributed by atoms with van der Waals surface area (Å²) in [6.07, 6.45) is 4.15. The molecule has 7 nitrogen and oxygen atoms in total. The van der Waals surface area contributed by atoms with Gasteiger partial charge >= 0.3 is 0 Å². The molecule has 1 atom stereocenters. The molecule has 1 aromatic carbocycles. The third-order valence-corrected chi connectivity index (χ3v) is 3.70. The van der Waals surface area contributed by atoms with E-state index in [2.05, 4.69) is 5.32 Å². The Morgan fingerprint density at radius 3 is 2.46 bits per heavy atom. The molecule has 0 saturated carbocycles. The summed E-state index contributed by atoms with van der Waals surface area (Å²) in [7, 11) is 4.59. The Hall–Kier alpha value is -2.93. The third kappa shape index (κ3) is 5.03. The zero-order chi connectivity index (χ0) is 18.9. The van der Waals surface area contributed by atoms with E-state index >= 15 is 0 Å². The Bertz CT molecular complexity index is 713. The van der Waals surface area contributed by atoms with Gasteiger partial charge in [-0.05, 0) is 42.3 Å². The first-order valence-corrected chi connectivity index (χ1v) is 8.06. The molecule has 26 heavy (non-hydrogen) atoms. The highest BCUT2D eigenvalue weighted by Gasteiger charge is 2.12. The highest BCUT2D eigenvalue weighted by atomic mass is 16.5. The normalized spacial score (nSPS) is 12.0. The molecule has 1 unspecified atom stereocenters. The summed E-state index contributed by atoms with van der Waals surface area (Å²) < 4.78 is 20.9. The first kappa shape index (κ1) is 19.4. The van der Waals surface area contributed by atoms with Gasteiger partial charge in [0, 0.05) is 12.6 Å². The van der Waals surface area contributed by atoms with Gasteiger partial charge in [-0.3, -0.25) is 4.79 Å². The van der Waals surface area contributed by atoms with Crippen molar-refractivity contribution in [1.82, 2.24) is 5.32 Å². The van der Waals surface area contributed by atoms with Crippen LogP contribution in [0.4, 0.5) is 0 Å². The summed E-state index contributed by atoms with van der Waals surface area (Å²) in [4.78, 5) is 11.9. The first-order valence-electron chi connectivity index (χ1n) is 8.06. The number of methoxy groups -OCH3 is 3. The number of carbonyl (C=O) groups excluding carboxylic acids is 1. The minimum absolute atomic E-state index is 0.273. The number of hydrogen-bond donors (Lipinski definition) is 2. The quantitative estimate of drug-likeness (QED) is 0.667. The highest BCUT2D eigenvalue weighted by molar-refractivity contribution is 5.91. The van der Waals surface area contributed by atoms with Crippen LogP contribution in [0.2, 0.25) is 0 Å². The van der Waals surface area contributed by atoms with E-state index in [1.807, 2.05) is 0 Å². The van der Waals surface area contributed by atoms with E-state index in [9.17, 15) is 9.90 Å². The molecule has 0 radical (unpaired) electrons. The minimum Gasteiger partial charge on any atom is -0.493 e. The van der Waals surface area contributed by atoms with Gasteiger partial charge < -0.3 is 29.1 Å². The van der Waals surface area contributed by atoms with Crippen molar-refractivity contribution in [1.29, 1.82) is 0 Å². The average molecular weight is 361 g/mol. The average Bonchev–Trinajstić information content (AvgIpc) is 3.20. The van der Waals surface area contributed by atoms with Gasteiger partial charge in [0.1, 0.15) is 11.9 Å². The van der Waals surface area contributed by atoms with Crippen LogP contribution in [0.5, 0.6) is 17.2 Å². The smallest absolute Gasteiger partial charge is 0.244 e. The van der Waals surface area contributed by atoms with Gasteiger partial charge in [0.05, 0.1) is 27.6 Å². The van der Waals surface area contributed by atoms with Crippen molar-refractivity contribution in [3.8, 4) is 17.2 Å². The number of rotatable bonds is 9. The fourth-order valence-corrected chi connectivity index (χ4v) is 2.38. The zero-order valence-electron chi connectivity index (χ0n) is 15.0. The number of nitrogens with one attached hydrogen (secondary N) is 1. The molecule has 1 aromatic heterocycles. The Balaban J connectivity index is 1.93. The Kier molecular flexibility index (Phi) is 7.11. The maximum absolute atomic E-state index is 11.9. The molecule has 0 bridgehead atoms. The number of ether oxygens (including phenoxy) is 3. The Morgan fingerprint density at radius 2 is 1.92 bits per heavy atom. The fourth-order valence-electron chi connectivity index (χ4n) is 2.38. The van der Waals surface area contributed by atoms with Crippen LogP contribution < -0.4 is 19.5 Å². The predicted octanol–water partition coefficient (Wildman–Crippen LogP) is 2.56. The molecule has 1 amide bonds. The van der Waals surface area contributed by atoms with Gasteiger partial charge in [-0.1, -0.05) is 0 Å². The van der Waals surface area contributed by atoms with Crippen molar-refractivity contribution >= 4 is 12.0 Å². The molecular formula is C19H23NO6. The van der Waals surface area contributed by atoms with Crippen LogP contribution in [0.1, 0.15) is 23.8 Å². The summed E-state index contributed by atoms with van der Waals surface area (Å²) in [5.41, 5.74) is 0.727. The van der Waals surface area contributed by atoms with Crippen molar-refractivity contribution in [2.24, 2.45) is 0 Å². The molecule has 0 fully saturated rings. The summed E-state index contributed by atoms with van der Waals surface area (Å²) in [6.45, 7) is 0.320. The van der Waals surface area contributed by atoms with Crippen LogP contribution in [-0.4, -0.2) is 38.9 Å². The molecule has 0 aliphatic carbocycles. The predicted molar refractivity (Wildman–Crippen MR) is 96.4 cm³/mol. The number of furan rings is 1. The second-order valence-corrected chi connectivity index (χ2v) is 5.40. The van der Waals surface area contributed by atoms with Gasteiger partial charge in [-0.2, -0.15) is 0 Å². The molecule has 0 saturated heterocycles. The molecule has 2 N–H and O–H groups in total. The van der Waals surface area contributed by atoms with Crippen LogP contribution in [-0.2, 0) is 4.79 Å². The molecule has 1 heterocycles. The number of hydrogen-bond acceptors (Lipinski definition) is 6. The lowest BCUT2D eigenvalue weighted by Crippen LogP contribution is -2.23. The highest BCUT2D eigenvalue weighted by Crippen LogP contribution is 2.38. The number of benzene rings is 1. The largest absolute Gasteiger partial charge is 0.493 e. The first-order chi connectivity index (χ1) is 12.6. The van der Waals surface area contributed by atoms with Crippen molar-refractivity contribution in [2.75, 3.05) is 27.9 Å². The van der Waals surface area contributed by atoms with Crippen molar-refractivity contribution in [3.63, 3.8) is 0 Å². The van der Waals surface area contributed by atoms with Crippen LogP contribution in [0.3, 0.4) is 0 Å². The lowest BCUT2D eigenvalue weighted by molar-refractivity contribution is -0.116. The summed E-state index contributed by atoms with van der Waals surface area (Å²) in [6, 6.07) is 6.88. The van der Waals surface area contributed by atoms with Crippen LogP contribution >= 0.6 is 0 Å². The van der Waals surface area contributed by atoms with Gasteiger partial charge in [-0.15, -0.1) is 0 Å². The summed E-state index contributed by atoms with van der Waals surface area (Å²) in [5.74, 6) is 1.71. The monoisotopic (exact) mass is 361 g/mol. The molecular weight excluding hydrogens is 338 g/mol. The molecule has 2 rings (SSSR count). The number of amides is 1. The van der Waals surface area contributed by atoms with Gasteiger partial charge in [0.15, 0.2) is 11.5 Å². The third-order valence-electron chi connectivity index (χ3n) is 3.70. The van der Waals surface area contributed by atoms with E-state index in [0.29, 0.717) is 36.0 Å². The maximum atomic E-state index is 11.9. The summed E-state index contributed by atoms with van der Waals surface area (Å²) >= 11 is 0. The van der Waals surface area contributed by atoms with Gasteiger partial charge in [0.2, 0.25) is 11.7 Å². The van der Waals surface area contributed by atoms with Crippen molar-refractivity contribution < 1.29 is 28.5 Å². The van der Waals surface area contributed by atoms with E-state index in [0.717, 1.165) is 5.56 Å². The standard InChI is InChI=1S/C19H23NO6/c1-23-16-11-13(12-17(24-2)19(16)25-3)6-7-18(22)20-9-8-14(21)15-5-4-10-26-15/h4-7,10-12,14,21H,8-9H2,1-3H3,(H,20,22)/b7-6+. The molecule has 7 heteroatoms. The molecule has 0 aliphatic rings. The Morgan fingerprint density at radius 1 is 1.23 bits per heavy atom. The van der Waals surface area contributed by atoms with Crippen LogP contribution in [0.15, 0.2) is 41.0 Å². The number of aliphatic hydroxyl groups excluding tert-OH is 1. The molecule has 0 spiro atoms. The maximum Gasteiger partial charge on any atom is 0.244 e. The number of carbonyl (C=O) groups is 1. The van der Waals surface area contributed by atoms with Crippen LogP contribution in [0.25, 0.3) is 6.08 Å². The van der Waals surface area contributed by atoms with Gasteiger partial charge in [-0.25, -0.2) is 0 Å². The van der Waals surface area contributed by atoms with Crippen molar-refractivity contribution in [3.05, 3.63) is 47.9 Å². The topological polar surface area (TPSA) is 90.2 Å². The molecule has 0 aliphatic heterocycles. The molecule has 2 aromatic rings. The minimum atomic E-state index is -0.746.